The molecule has 10 aromatic carbocycles. The first-order valence-corrected chi connectivity index (χ1v) is 20.8. The topological polar surface area (TPSA) is 21.3 Å². The first-order chi connectivity index (χ1) is 30.2. The molecule has 2 heterocycles. The van der Waals surface area contributed by atoms with Crippen molar-refractivity contribution >= 4 is 71.6 Å². The van der Waals surface area contributed by atoms with E-state index in [0.29, 0.717) is 0 Å². The van der Waals surface area contributed by atoms with Crippen molar-refractivity contribution in [1.82, 2.24) is 4.57 Å². The van der Waals surface area contributed by atoms with Crippen molar-refractivity contribution in [3.05, 3.63) is 231 Å². The monoisotopic (exact) mass is 778 g/mol. The van der Waals surface area contributed by atoms with Gasteiger partial charge >= 0.3 is 0 Å². The lowest BCUT2D eigenvalue weighted by Gasteiger charge is -2.26. The summed E-state index contributed by atoms with van der Waals surface area (Å²) >= 11 is 0. The van der Waals surface area contributed by atoms with Gasteiger partial charge in [-0.25, -0.2) is 0 Å². The Morgan fingerprint density at radius 3 is 1.70 bits per heavy atom. The quantitative estimate of drug-likeness (QED) is 0.161. The molecule has 2 aromatic heterocycles. The molecule has 0 amide bonds. The predicted molar refractivity (Wildman–Crippen MR) is 257 cm³/mol. The van der Waals surface area contributed by atoms with Crippen molar-refractivity contribution in [2.75, 3.05) is 4.90 Å². The number of hydrogen-bond donors (Lipinski definition) is 0. The molecule has 12 rings (SSSR count). The highest BCUT2D eigenvalue weighted by Crippen LogP contribution is 2.45. The van der Waals surface area contributed by atoms with Crippen LogP contribution in [0.15, 0.2) is 235 Å². The lowest BCUT2D eigenvalue weighted by atomic mass is 9.95. The molecule has 0 bridgehead atoms. The molecule has 0 aliphatic rings. The lowest BCUT2D eigenvalue weighted by molar-refractivity contribution is 0.669. The molecule has 3 nitrogen and oxygen atoms in total. The minimum Gasteiger partial charge on any atom is -0.456 e. The van der Waals surface area contributed by atoms with E-state index in [1.54, 1.807) is 0 Å². The number of furan rings is 1. The maximum absolute atomic E-state index is 6.32. The zero-order valence-corrected chi connectivity index (χ0v) is 33.2. The Balaban J connectivity index is 1.11. The van der Waals surface area contributed by atoms with Crippen LogP contribution in [0, 0.1) is 0 Å². The van der Waals surface area contributed by atoms with Crippen LogP contribution in [0.4, 0.5) is 17.1 Å². The summed E-state index contributed by atoms with van der Waals surface area (Å²) < 4.78 is 8.76. The summed E-state index contributed by atoms with van der Waals surface area (Å²) in [5.41, 5.74) is 15.5. The van der Waals surface area contributed by atoms with E-state index in [1.807, 2.05) is 12.1 Å². The number of nitrogens with zero attached hydrogens (tertiary/aromatic N) is 2. The molecule has 0 unspecified atom stereocenters. The van der Waals surface area contributed by atoms with E-state index < -0.39 is 0 Å². The molecule has 12 aromatic rings. The Kier molecular flexibility index (Phi) is 8.17. The SMILES string of the molecule is c1ccc(-c2cc(-c3ccccc3)c3c(c2)c2cc(N(c4ccc(-c5ccc6ccccc6c5)cc4)c4ccc5oc6ccccc6c5c4)ccc2n3-c2ccccc2)cc1. The van der Waals surface area contributed by atoms with E-state index >= 15 is 0 Å². The first-order valence-electron chi connectivity index (χ1n) is 20.8. The fraction of sp³-hybridized carbons (Fsp3) is 0. The van der Waals surface area contributed by atoms with Gasteiger partial charge in [-0.3, -0.25) is 0 Å². The van der Waals surface area contributed by atoms with Crippen LogP contribution in [-0.2, 0) is 0 Å². The minimum absolute atomic E-state index is 0.875. The molecule has 61 heavy (non-hydrogen) atoms. The van der Waals surface area contributed by atoms with E-state index in [4.69, 9.17) is 4.42 Å². The van der Waals surface area contributed by atoms with Gasteiger partial charge < -0.3 is 13.9 Å². The standard InChI is InChI=1S/C58H38N2O/c1-4-14-39(15-5-1)45-35-51(42-17-6-2-7-18-42)58-54(36-45)52-37-48(30-32-55(52)60(58)46-20-8-3-9-21-46)59(49-31-33-57-53(38-49)50-22-12-13-23-56(50)61-57)47-28-26-41(27-29-47)44-25-24-40-16-10-11-19-43(40)34-44/h1-38H. The zero-order chi connectivity index (χ0) is 40.3. The molecular formula is C58H38N2O. The molecule has 0 saturated heterocycles. The number of anilines is 3. The molecule has 0 N–H and O–H groups in total. The predicted octanol–water partition coefficient (Wildman–Crippen LogP) is 16.3. The summed E-state index contributed by atoms with van der Waals surface area (Å²) in [5, 5.41) is 7.05. The van der Waals surface area contributed by atoms with Crippen LogP contribution in [-0.4, -0.2) is 4.57 Å². The maximum atomic E-state index is 6.32. The highest BCUT2D eigenvalue weighted by Gasteiger charge is 2.22. The van der Waals surface area contributed by atoms with E-state index in [1.165, 1.54) is 60.4 Å². The molecule has 0 aliphatic heterocycles. The van der Waals surface area contributed by atoms with Gasteiger partial charge in [0.15, 0.2) is 0 Å². The Bertz CT molecular complexity index is 3570. The number of benzene rings is 10. The van der Waals surface area contributed by atoms with Gasteiger partial charge in [-0.15, -0.1) is 0 Å². The van der Waals surface area contributed by atoms with Crippen LogP contribution >= 0.6 is 0 Å². The van der Waals surface area contributed by atoms with Crippen LogP contribution in [0.25, 0.3) is 93.6 Å². The van der Waals surface area contributed by atoms with Crippen molar-refractivity contribution in [1.29, 1.82) is 0 Å². The molecule has 0 fully saturated rings. The number of fused-ring (bicyclic) bond motifs is 7. The van der Waals surface area contributed by atoms with Gasteiger partial charge in [0, 0.05) is 49.9 Å². The second kappa shape index (κ2) is 14.3. The van der Waals surface area contributed by atoms with Gasteiger partial charge in [0.1, 0.15) is 11.2 Å². The highest BCUT2D eigenvalue weighted by atomic mass is 16.3. The summed E-state index contributed by atoms with van der Waals surface area (Å²) in [4.78, 5) is 2.38. The van der Waals surface area contributed by atoms with E-state index in [2.05, 4.69) is 228 Å². The van der Waals surface area contributed by atoms with E-state index in [-0.39, 0.29) is 0 Å². The molecular weight excluding hydrogens is 741 g/mol. The lowest BCUT2D eigenvalue weighted by Crippen LogP contribution is -2.09. The molecule has 0 aliphatic carbocycles. The van der Waals surface area contributed by atoms with Gasteiger partial charge in [0.2, 0.25) is 0 Å². The van der Waals surface area contributed by atoms with Gasteiger partial charge in [0.25, 0.3) is 0 Å². The minimum atomic E-state index is 0.875. The van der Waals surface area contributed by atoms with Gasteiger partial charge in [-0.1, -0.05) is 146 Å². The molecule has 0 saturated carbocycles. The fourth-order valence-electron chi connectivity index (χ4n) is 9.23. The number of rotatable bonds is 7. The van der Waals surface area contributed by atoms with Crippen molar-refractivity contribution < 1.29 is 4.42 Å². The number of para-hydroxylation sites is 2. The molecule has 0 spiro atoms. The van der Waals surface area contributed by atoms with Crippen molar-refractivity contribution in [2.24, 2.45) is 0 Å². The molecule has 3 heteroatoms. The largest absolute Gasteiger partial charge is 0.456 e. The molecule has 286 valence electrons. The average Bonchev–Trinajstić information content (AvgIpc) is 3.87. The van der Waals surface area contributed by atoms with Crippen LogP contribution in [0.3, 0.4) is 0 Å². The van der Waals surface area contributed by atoms with Gasteiger partial charge in [-0.05, 0) is 124 Å². The van der Waals surface area contributed by atoms with Crippen LogP contribution in [0.2, 0.25) is 0 Å². The van der Waals surface area contributed by atoms with Crippen molar-refractivity contribution in [3.8, 4) is 39.1 Å². The Labute approximate surface area is 353 Å². The van der Waals surface area contributed by atoms with Crippen LogP contribution in [0.1, 0.15) is 0 Å². The summed E-state index contributed by atoms with van der Waals surface area (Å²) in [6.45, 7) is 0. The summed E-state index contributed by atoms with van der Waals surface area (Å²) in [6, 6.07) is 83.1. The Morgan fingerprint density at radius 1 is 0.328 bits per heavy atom. The first kappa shape index (κ1) is 34.9. The van der Waals surface area contributed by atoms with Crippen LogP contribution < -0.4 is 4.90 Å². The third kappa shape index (κ3) is 5.98. The van der Waals surface area contributed by atoms with E-state index in [0.717, 1.165) is 50.2 Å². The molecule has 0 radical (unpaired) electrons. The highest BCUT2D eigenvalue weighted by molar-refractivity contribution is 6.16. The smallest absolute Gasteiger partial charge is 0.135 e. The fourth-order valence-corrected chi connectivity index (χ4v) is 9.23. The van der Waals surface area contributed by atoms with E-state index in [9.17, 15) is 0 Å². The van der Waals surface area contributed by atoms with Gasteiger partial charge in [0.05, 0.1) is 11.0 Å². The Morgan fingerprint density at radius 2 is 0.918 bits per heavy atom. The van der Waals surface area contributed by atoms with Gasteiger partial charge in [-0.2, -0.15) is 0 Å². The van der Waals surface area contributed by atoms with Crippen molar-refractivity contribution in [3.63, 3.8) is 0 Å². The van der Waals surface area contributed by atoms with Crippen molar-refractivity contribution in [2.45, 2.75) is 0 Å². The maximum Gasteiger partial charge on any atom is 0.135 e. The third-order valence-corrected chi connectivity index (χ3v) is 12.1. The second-order valence-electron chi connectivity index (χ2n) is 15.7. The number of hydrogen-bond acceptors (Lipinski definition) is 2. The molecule has 0 atom stereocenters. The summed E-state index contributed by atoms with van der Waals surface area (Å²) in [7, 11) is 0. The Hall–Kier alpha value is -8.14. The summed E-state index contributed by atoms with van der Waals surface area (Å²) in [6.07, 6.45) is 0. The average molecular weight is 779 g/mol. The zero-order valence-electron chi connectivity index (χ0n) is 33.2. The summed E-state index contributed by atoms with van der Waals surface area (Å²) in [5.74, 6) is 0. The van der Waals surface area contributed by atoms with Crippen LogP contribution in [0.5, 0.6) is 0 Å². The second-order valence-corrected chi connectivity index (χ2v) is 15.7. The third-order valence-electron chi connectivity index (χ3n) is 12.1. The number of aromatic nitrogens is 1. The normalized spacial score (nSPS) is 11.6.